The van der Waals surface area contributed by atoms with Gasteiger partial charge in [0, 0.05) is 6.04 Å². The number of halogens is 1. The lowest BCUT2D eigenvalue weighted by molar-refractivity contribution is 0.616. The quantitative estimate of drug-likeness (QED) is 0.716. The Hall–Kier alpha value is -0.890. The smallest absolute Gasteiger partial charge is 0.126 e. The fraction of sp³-hybridized carbons (Fsp3) is 0.400. The summed E-state index contributed by atoms with van der Waals surface area (Å²) in [6.07, 6.45) is 0.807. The van der Waals surface area contributed by atoms with E-state index in [1.54, 1.807) is 13.0 Å². The van der Waals surface area contributed by atoms with Crippen LogP contribution in [0.3, 0.4) is 0 Å². The molecule has 0 spiro atoms. The maximum Gasteiger partial charge on any atom is 0.126 e. The van der Waals surface area contributed by atoms with Crippen LogP contribution in [0.25, 0.3) is 0 Å². The monoisotopic (exact) mass is 167 g/mol. The van der Waals surface area contributed by atoms with Crippen molar-refractivity contribution < 1.29 is 4.39 Å². The van der Waals surface area contributed by atoms with Gasteiger partial charge in [-0.15, -0.1) is 0 Å². The second-order valence-corrected chi connectivity index (χ2v) is 3.26. The highest BCUT2D eigenvalue weighted by atomic mass is 19.1. The van der Waals surface area contributed by atoms with E-state index in [9.17, 15) is 4.39 Å². The summed E-state index contributed by atoms with van der Waals surface area (Å²) in [7, 11) is 0. The standard InChI is InChI=1S/C10H14FN/c1-7-5-9(6-8(2)12)3-4-10(7)11/h3-5,8H,6,12H2,1-2H3/t8-/m0/s1. The van der Waals surface area contributed by atoms with Gasteiger partial charge in [-0.05, 0) is 37.5 Å². The molecule has 1 nitrogen and oxygen atoms in total. The van der Waals surface area contributed by atoms with Gasteiger partial charge in [0.05, 0.1) is 0 Å². The van der Waals surface area contributed by atoms with Gasteiger partial charge in [0.1, 0.15) is 5.82 Å². The molecule has 66 valence electrons. The first kappa shape index (κ1) is 9.20. The van der Waals surface area contributed by atoms with Gasteiger partial charge in [-0.25, -0.2) is 4.39 Å². The van der Waals surface area contributed by atoms with E-state index in [0.29, 0.717) is 5.56 Å². The molecule has 0 heterocycles. The predicted molar refractivity (Wildman–Crippen MR) is 48.5 cm³/mol. The van der Waals surface area contributed by atoms with Crippen LogP contribution in [0.2, 0.25) is 0 Å². The molecule has 0 unspecified atom stereocenters. The average Bonchev–Trinajstić information content (AvgIpc) is 1.96. The number of hydrogen-bond acceptors (Lipinski definition) is 1. The third-order valence-corrected chi connectivity index (χ3v) is 1.78. The molecule has 0 amide bonds. The summed E-state index contributed by atoms with van der Waals surface area (Å²) in [5.74, 6) is -0.150. The second-order valence-electron chi connectivity index (χ2n) is 3.26. The van der Waals surface area contributed by atoms with Crippen molar-refractivity contribution in [3.63, 3.8) is 0 Å². The SMILES string of the molecule is Cc1cc(C[C@H](C)N)ccc1F. The molecule has 12 heavy (non-hydrogen) atoms. The van der Waals surface area contributed by atoms with E-state index < -0.39 is 0 Å². The van der Waals surface area contributed by atoms with Gasteiger partial charge >= 0.3 is 0 Å². The van der Waals surface area contributed by atoms with Gasteiger partial charge in [-0.1, -0.05) is 12.1 Å². The summed E-state index contributed by atoms with van der Waals surface area (Å²) in [6.45, 7) is 3.71. The number of benzene rings is 1. The molecule has 0 aliphatic rings. The van der Waals surface area contributed by atoms with Crippen LogP contribution in [-0.2, 0) is 6.42 Å². The highest BCUT2D eigenvalue weighted by Gasteiger charge is 2.00. The average molecular weight is 167 g/mol. The summed E-state index contributed by atoms with van der Waals surface area (Å²) in [4.78, 5) is 0. The molecule has 0 fully saturated rings. The number of aryl methyl sites for hydroxylation is 1. The van der Waals surface area contributed by atoms with Gasteiger partial charge in [-0.3, -0.25) is 0 Å². The largest absolute Gasteiger partial charge is 0.328 e. The molecule has 0 bridgehead atoms. The zero-order valence-electron chi connectivity index (χ0n) is 7.47. The maximum atomic E-state index is 12.8. The molecule has 1 atom stereocenters. The van der Waals surface area contributed by atoms with Crippen molar-refractivity contribution in [2.75, 3.05) is 0 Å². The molecule has 0 aromatic heterocycles. The Labute approximate surface area is 72.4 Å². The molecule has 0 saturated carbocycles. The van der Waals surface area contributed by atoms with Crippen LogP contribution in [0, 0.1) is 12.7 Å². The van der Waals surface area contributed by atoms with E-state index in [0.717, 1.165) is 12.0 Å². The minimum absolute atomic E-state index is 0.134. The van der Waals surface area contributed by atoms with Gasteiger partial charge in [0.2, 0.25) is 0 Å². The minimum Gasteiger partial charge on any atom is -0.328 e. The third kappa shape index (κ3) is 2.31. The Morgan fingerprint density at radius 2 is 2.17 bits per heavy atom. The Morgan fingerprint density at radius 3 is 2.67 bits per heavy atom. The van der Waals surface area contributed by atoms with E-state index in [2.05, 4.69) is 0 Å². The first-order chi connectivity index (χ1) is 5.59. The van der Waals surface area contributed by atoms with E-state index in [1.165, 1.54) is 6.07 Å². The molecule has 1 aromatic rings. The zero-order chi connectivity index (χ0) is 9.14. The van der Waals surface area contributed by atoms with Crippen molar-refractivity contribution in [3.8, 4) is 0 Å². The van der Waals surface area contributed by atoms with Crippen molar-refractivity contribution in [1.82, 2.24) is 0 Å². The number of hydrogen-bond donors (Lipinski definition) is 1. The topological polar surface area (TPSA) is 26.0 Å². The number of rotatable bonds is 2. The van der Waals surface area contributed by atoms with Crippen molar-refractivity contribution in [3.05, 3.63) is 35.1 Å². The normalized spacial score (nSPS) is 13.0. The van der Waals surface area contributed by atoms with Crippen molar-refractivity contribution in [2.24, 2.45) is 5.73 Å². The molecule has 2 heteroatoms. The Balaban J connectivity index is 2.82. The van der Waals surface area contributed by atoms with Crippen LogP contribution in [0.15, 0.2) is 18.2 Å². The van der Waals surface area contributed by atoms with Crippen LogP contribution in [-0.4, -0.2) is 6.04 Å². The lowest BCUT2D eigenvalue weighted by Gasteiger charge is -2.05. The second kappa shape index (κ2) is 3.68. The summed E-state index contributed by atoms with van der Waals surface area (Å²) in [5.41, 5.74) is 7.41. The van der Waals surface area contributed by atoms with Crippen LogP contribution < -0.4 is 5.73 Å². The Kier molecular flexibility index (Phi) is 2.82. The molecule has 2 N–H and O–H groups in total. The van der Waals surface area contributed by atoms with Gasteiger partial charge in [0.15, 0.2) is 0 Å². The molecule has 1 rings (SSSR count). The van der Waals surface area contributed by atoms with Crippen LogP contribution in [0.1, 0.15) is 18.1 Å². The van der Waals surface area contributed by atoms with E-state index in [4.69, 9.17) is 5.73 Å². The van der Waals surface area contributed by atoms with Gasteiger partial charge in [-0.2, -0.15) is 0 Å². The first-order valence-electron chi connectivity index (χ1n) is 4.10. The van der Waals surface area contributed by atoms with E-state index >= 15 is 0 Å². The zero-order valence-corrected chi connectivity index (χ0v) is 7.47. The minimum atomic E-state index is -0.150. The summed E-state index contributed by atoms with van der Waals surface area (Å²) < 4.78 is 12.8. The first-order valence-corrected chi connectivity index (χ1v) is 4.10. The Morgan fingerprint density at radius 1 is 1.50 bits per heavy atom. The predicted octanol–water partition coefficient (Wildman–Crippen LogP) is 2.02. The van der Waals surface area contributed by atoms with Crippen LogP contribution >= 0.6 is 0 Å². The molecule has 0 aliphatic carbocycles. The molecular weight excluding hydrogens is 153 g/mol. The molecule has 1 aromatic carbocycles. The fourth-order valence-corrected chi connectivity index (χ4v) is 1.21. The molecule has 0 saturated heterocycles. The highest BCUT2D eigenvalue weighted by molar-refractivity contribution is 5.24. The van der Waals surface area contributed by atoms with E-state index in [-0.39, 0.29) is 11.9 Å². The summed E-state index contributed by atoms with van der Waals surface area (Å²) in [5, 5.41) is 0. The van der Waals surface area contributed by atoms with Crippen molar-refractivity contribution >= 4 is 0 Å². The van der Waals surface area contributed by atoms with Gasteiger partial charge in [0.25, 0.3) is 0 Å². The lowest BCUT2D eigenvalue weighted by atomic mass is 10.1. The third-order valence-electron chi connectivity index (χ3n) is 1.78. The number of nitrogens with two attached hydrogens (primary N) is 1. The fourth-order valence-electron chi connectivity index (χ4n) is 1.21. The summed E-state index contributed by atoms with van der Waals surface area (Å²) in [6, 6.07) is 5.26. The summed E-state index contributed by atoms with van der Waals surface area (Å²) >= 11 is 0. The van der Waals surface area contributed by atoms with Crippen LogP contribution in [0.5, 0.6) is 0 Å². The van der Waals surface area contributed by atoms with Gasteiger partial charge < -0.3 is 5.73 Å². The lowest BCUT2D eigenvalue weighted by Crippen LogP contribution is -2.17. The molecule has 0 radical (unpaired) electrons. The van der Waals surface area contributed by atoms with Crippen molar-refractivity contribution in [1.29, 1.82) is 0 Å². The van der Waals surface area contributed by atoms with Crippen molar-refractivity contribution in [2.45, 2.75) is 26.3 Å². The maximum absolute atomic E-state index is 12.8. The van der Waals surface area contributed by atoms with Crippen LogP contribution in [0.4, 0.5) is 4.39 Å². The Bertz CT molecular complexity index is 269. The molecule has 0 aliphatic heterocycles. The highest BCUT2D eigenvalue weighted by Crippen LogP contribution is 2.10. The van der Waals surface area contributed by atoms with E-state index in [1.807, 2.05) is 13.0 Å². The molecular formula is C10H14FN.